The number of amides is 1. The van der Waals surface area contributed by atoms with Gasteiger partial charge in [0.15, 0.2) is 5.76 Å². The van der Waals surface area contributed by atoms with Crippen molar-refractivity contribution in [2.75, 3.05) is 11.4 Å². The Morgan fingerprint density at radius 3 is 2.73 bits per heavy atom. The topological polar surface area (TPSA) is 57.8 Å². The third-order valence-corrected chi connectivity index (χ3v) is 6.72. The Hall–Kier alpha value is -2.45. The summed E-state index contributed by atoms with van der Waals surface area (Å²) in [6.45, 7) is 9.24. The lowest BCUT2D eigenvalue weighted by Gasteiger charge is -2.43. The number of furan rings is 1. The van der Waals surface area contributed by atoms with Crippen LogP contribution in [0.2, 0.25) is 0 Å². The van der Waals surface area contributed by atoms with Gasteiger partial charge < -0.3 is 9.32 Å². The highest BCUT2D eigenvalue weighted by atomic mass is 79.9. The molecule has 0 bridgehead atoms. The van der Waals surface area contributed by atoms with Crippen LogP contribution < -0.4 is 10.3 Å². The molecule has 0 saturated carbocycles. The van der Waals surface area contributed by atoms with Crippen LogP contribution in [0.25, 0.3) is 16.5 Å². The van der Waals surface area contributed by atoms with E-state index in [2.05, 4.69) is 74.1 Å². The molecule has 1 N–H and O–H groups in total. The van der Waals surface area contributed by atoms with Crippen LogP contribution in [-0.4, -0.2) is 24.2 Å². The second-order valence-electron chi connectivity index (χ2n) is 8.64. The molecule has 5 nitrogen and oxygen atoms in total. The molecule has 0 aliphatic carbocycles. The number of nitrogens with zero attached hydrogens (tertiary/aromatic N) is 2. The van der Waals surface area contributed by atoms with E-state index >= 15 is 0 Å². The van der Waals surface area contributed by atoms with Crippen molar-refractivity contribution in [2.24, 2.45) is 5.10 Å². The molecule has 0 saturated heterocycles. The van der Waals surface area contributed by atoms with Gasteiger partial charge in [0.25, 0.3) is 0 Å². The van der Waals surface area contributed by atoms with E-state index in [4.69, 9.17) is 4.42 Å². The predicted octanol–water partition coefficient (Wildman–Crippen LogP) is 7.27. The van der Waals surface area contributed by atoms with Crippen LogP contribution in [0.15, 0.2) is 54.9 Å². The number of anilines is 1. The molecule has 0 unspecified atom stereocenters. The van der Waals surface area contributed by atoms with Crippen molar-refractivity contribution >= 4 is 66.2 Å². The lowest BCUT2D eigenvalue weighted by molar-refractivity contribution is 0.0929. The number of hydrogen-bond donors (Lipinski definition) is 1. The summed E-state index contributed by atoms with van der Waals surface area (Å²) in [5.41, 5.74) is 6.01. The fraction of sp³-hybridized carbons (Fsp3) is 0.280. The second kappa shape index (κ2) is 9.06. The molecule has 1 aliphatic heterocycles. The van der Waals surface area contributed by atoms with Crippen LogP contribution in [0.4, 0.5) is 10.1 Å². The summed E-state index contributed by atoms with van der Waals surface area (Å²) in [6.07, 6.45) is 4.48. The summed E-state index contributed by atoms with van der Waals surface area (Å²) >= 11 is 6.84. The third-order valence-electron chi connectivity index (χ3n) is 5.67. The number of carbonyl (C=O) groups is 1. The van der Waals surface area contributed by atoms with Gasteiger partial charge in [-0.25, -0.2) is 9.82 Å². The molecular weight excluding hydrogens is 553 g/mol. The highest BCUT2D eigenvalue weighted by Crippen LogP contribution is 2.40. The van der Waals surface area contributed by atoms with Gasteiger partial charge in [-0.05, 0) is 79.0 Å². The van der Waals surface area contributed by atoms with Gasteiger partial charge >= 0.3 is 5.91 Å². The van der Waals surface area contributed by atoms with Gasteiger partial charge in [-0.1, -0.05) is 28.9 Å². The van der Waals surface area contributed by atoms with E-state index in [1.807, 2.05) is 19.1 Å². The Morgan fingerprint density at radius 2 is 2.00 bits per heavy atom. The van der Waals surface area contributed by atoms with Gasteiger partial charge in [0.1, 0.15) is 11.4 Å². The molecule has 1 amide bonds. The molecule has 2 heterocycles. The molecule has 0 spiro atoms. The summed E-state index contributed by atoms with van der Waals surface area (Å²) < 4.78 is 22.2. The first-order valence-corrected chi connectivity index (χ1v) is 12.2. The standard InChI is InChI=1S/C25H24Br2FN3O2/c1-5-6-31-21-11-20(28)16(8-18(21)14(2)12-25(31,3)4)13-29-30-24(32)22-9-15-7-17(26)10-19(27)23(15)33-22/h7-13H,5-6H2,1-4H3,(H,30,32)/b29-13-. The van der Waals surface area contributed by atoms with E-state index in [-0.39, 0.29) is 11.3 Å². The van der Waals surface area contributed by atoms with Crippen LogP contribution in [0.5, 0.6) is 0 Å². The molecule has 172 valence electrons. The fourth-order valence-corrected chi connectivity index (χ4v) is 5.59. The smallest absolute Gasteiger partial charge is 0.307 e. The molecule has 1 aromatic heterocycles. The zero-order valence-electron chi connectivity index (χ0n) is 18.8. The minimum absolute atomic E-state index is 0.114. The number of rotatable bonds is 5. The maximum absolute atomic E-state index is 15.0. The molecule has 2 aromatic carbocycles. The Labute approximate surface area is 209 Å². The lowest BCUT2D eigenvalue weighted by atomic mass is 9.88. The zero-order valence-corrected chi connectivity index (χ0v) is 22.0. The maximum Gasteiger partial charge on any atom is 0.307 e. The van der Waals surface area contributed by atoms with Gasteiger partial charge in [0.2, 0.25) is 0 Å². The number of allylic oxidation sites excluding steroid dienone is 1. The highest BCUT2D eigenvalue weighted by molar-refractivity contribution is 9.11. The Morgan fingerprint density at radius 1 is 1.24 bits per heavy atom. The van der Waals surface area contributed by atoms with Crippen LogP contribution >= 0.6 is 31.9 Å². The summed E-state index contributed by atoms with van der Waals surface area (Å²) in [7, 11) is 0. The number of hydrazone groups is 1. The van der Waals surface area contributed by atoms with Crippen LogP contribution in [0.1, 0.15) is 55.8 Å². The summed E-state index contributed by atoms with van der Waals surface area (Å²) in [5, 5.41) is 4.74. The summed E-state index contributed by atoms with van der Waals surface area (Å²) in [5.74, 6) is -0.797. The molecule has 3 aromatic rings. The van der Waals surface area contributed by atoms with Crippen molar-refractivity contribution in [1.82, 2.24) is 5.43 Å². The number of halogens is 3. The fourth-order valence-electron chi connectivity index (χ4n) is 4.25. The van der Waals surface area contributed by atoms with Gasteiger partial charge in [-0.3, -0.25) is 4.79 Å². The van der Waals surface area contributed by atoms with Gasteiger partial charge in [0.05, 0.1) is 16.2 Å². The third kappa shape index (κ3) is 4.64. The van der Waals surface area contributed by atoms with Crippen molar-refractivity contribution in [3.8, 4) is 0 Å². The van der Waals surface area contributed by atoms with Crippen LogP contribution in [0.3, 0.4) is 0 Å². The van der Waals surface area contributed by atoms with E-state index in [9.17, 15) is 9.18 Å². The van der Waals surface area contributed by atoms with Gasteiger partial charge in [-0.2, -0.15) is 5.10 Å². The average Bonchev–Trinajstić information content (AvgIpc) is 3.16. The predicted molar refractivity (Wildman–Crippen MR) is 138 cm³/mol. The van der Waals surface area contributed by atoms with Gasteiger partial charge in [0, 0.05) is 33.2 Å². The Bertz CT molecular complexity index is 1310. The van der Waals surface area contributed by atoms with Crippen molar-refractivity contribution in [1.29, 1.82) is 0 Å². The second-order valence-corrected chi connectivity index (χ2v) is 10.4. The molecule has 0 fully saturated rings. The number of hydrogen-bond acceptors (Lipinski definition) is 4. The molecule has 0 atom stereocenters. The van der Waals surface area contributed by atoms with E-state index < -0.39 is 11.7 Å². The van der Waals surface area contributed by atoms with E-state index in [0.29, 0.717) is 11.1 Å². The van der Waals surface area contributed by atoms with Crippen molar-refractivity contribution in [2.45, 2.75) is 39.7 Å². The number of benzene rings is 2. The largest absolute Gasteiger partial charge is 0.450 e. The molecule has 8 heteroatoms. The van der Waals surface area contributed by atoms with Crippen molar-refractivity contribution in [3.63, 3.8) is 0 Å². The van der Waals surface area contributed by atoms with Crippen molar-refractivity contribution in [3.05, 3.63) is 68.1 Å². The molecule has 0 radical (unpaired) electrons. The minimum Gasteiger partial charge on any atom is -0.450 e. The van der Waals surface area contributed by atoms with Crippen molar-refractivity contribution < 1.29 is 13.6 Å². The summed E-state index contributed by atoms with van der Waals surface area (Å²) in [4.78, 5) is 14.7. The average molecular weight is 577 g/mol. The number of carbonyl (C=O) groups excluding carboxylic acids is 1. The monoisotopic (exact) mass is 575 g/mol. The van der Waals surface area contributed by atoms with E-state index in [1.54, 1.807) is 18.2 Å². The first kappa shape index (κ1) is 23.7. The van der Waals surface area contributed by atoms with Crippen LogP contribution in [-0.2, 0) is 0 Å². The first-order valence-electron chi connectivity index (χ1n) is 10.6. The normalized spacial score (nSPS) is 15.1. The summed E-state index contributed by atoms with van der Waals surface area (Å²) in [6, 6.07) is 8.66. The molecular formula is C25H24Br2FN3O2. The first-order chi connectivity index (χ1) is 15.6. The molecule has 4 rings (SSSR count). The maximum atomic E-state index is 15.0. The zero-order chi connectivity index (χ0) is 23.9. The Balaban J connectivity index is 1.57. The van der Waals surface area contributed by atoms with Gasteiger partial charge in [-0.15, -0.1) is 0 Å². The number of fused-ring (bicyclic) bond motifs is 2. The SMILES string of the molecule is CCCN1c2cc(F)c(/C=N\NC(=O)c3cc4cc(Br)cc(Br)c4o3)cc2C(C)=CC1(C)C. The Kier molecular flexibility index (Phi) is 6.51. The molecule has 1 aliphatic rings. The molecule has 33 heavy (non-hydrogen) atoms. The lowest BCUT2D eigenvalue weighted by Crippen LogP contribution is -2.45. The quantitative estimate of drug-likeness (QED) is 0.256. The number of nitrogens with one attached hydrogen (secondary N) is 1. The highest BCUT2D eigenvalue weighted by Gasteiger charge is 2.31. The van der Waals surface area contributed by atoms with E-state index in [0.717, 1.165) is 44.1 Å². The van der Waals surface area contributed by atoms with E-state index in [1.165, 1.54) is 6.21 Å². The van der Waals surface area contributed by atoms with Crippen LogP contribution in [0, 0.1) is 5.82 Å². The minimum atomic E-state index is -0.518.